The van der Waals surface area contributed by atoms with E-state index in [2.05, 4.69) is 50.2 Å². The number of benzene rings is 3. The summed E-state index contributed by atoms with van der Waals surface area (Å²) in [6.45, 7) is 4.42. The highest BCUT2D eigenvalue weighted by atomic mass is 14.2. The van der Waals surface area contributed by atoms with Crippen LogP contribution in [0.5, 0.6) is 0 Å². The van der Waals surface area contributed by atoms with Gasteiger partial charge < -0.3 is 0 Å². The zero-order valence-electron chi connectivity index (χ0n) is 11.1. The van der Waals surface area contributed by atoms with Gasteiger partial charge in [-0.3, -0.25) is 0 Å². The van der Waals surface area contributed by atoms with Crippen molar-refractivity contribution in [2.45, 2.75) is 19.8 Å². The summed E-state index contributed by atoms with van der Waals surface area (Å²) in [5.41, 5.74) is 2.08. The van der Waals surface area contributed by atoms with Crippen LogP contribution >= 0.6 is 0 Å². The van der Waals surface area contributed by atoms with E-state index in [1.54, 1.807) is 0 Å². The van der Waals surface area contributed by atoms with Crippen LogP contribution in [0.4, 0.5) is 0 Å². The zero-order chi connectivity index (χ0) is 13.4. The average molecular weight is 245 g/mol. The molecular formula is C18H15N. The number of nitriles is 1. The molecular weight excluding hydrogens is 230 g/mol. The highest BCUT2D eigenvalue weighted by Gasteiger charge is 2.03. The Kier molecular flexibility index (Phi) is 2.72. The minimum absolute atomic E-state index is 0.543. The molecule has 1 heteroatoms. The molecule has 0 aliphatic carbocycles. The largest absolute Gasteiger partial charge is 0.192 e. The molecule has 3 aromatic carbocycles. The molecule has 0 saturated carbocycles. The molecule has 0 aliphatic rings. The third kappa shape index (κ3) is 2.06. The van der Waals surface area contributed by atoms with Gasteiger partial charge in [-0.05, 0) is 57.3 Å². The summed E-state index contributed by atoms with van der Waals surface area (Å²) in [5, 5.41) is 13.8. The maximum atomic E-state index is 8.96. The lowest BCUT2D eigenvalue weighted by molar-refractivity contribution is 0.869. The van der Waals surface area contributed by atoms with Gasteiger partial charge >= 0.3 is 0 Å². The van der Waals surface area contributed by atoms with Crippen LogP contribution in [0.25, 0.3) is 21.5 Å². The average Bonchev–Trinajstić information content (AvgIpc) is 2.43. The summed E-state index contributed by atoms with van der Waals surface area (Å²) in [7, 11) is 0. The van der Waals surface area contributed by atoms with Gasteiger partial charge in [-0.15, -0.1) is 0 Å². The molecule has 0 N–H and O–H groups in total. The maximum Gasteiger partial charge on any atom is 0.0991 e. The summed E-state index contributed by atoms with van der Waals surface area (Å²) >= 11 is 0. The molecule has 0 atom stereocenters. The van der Waals surface area contributed by atoms with Gasteiger partial charge in [0.2, 0.25) is 0 Å². The third-order valence-electron chi connectivity index (χ3n) is 3.62. The van der Waals surface area contributed by atoms with Crippen LogP contribution in [0, 0.1) is 11.3 Å². The predicted molar refractivity (Wildman–Crippen MR) is 80.3 cm³/mol. The molecule has 92 valence electrons. The molecule has 0 saturated heterocycles. The Bertz CT molecular complexity index is 807. The van der Waals surface area contributed by atoms with E-state index in [-0.39, 0.29) is 0 Å². The molecule has 19 heavy (non-hydrogen) atoms. The smallest absolute Gasteiger partial charge is 0.0991 e. The fraction of sp³-hybridized carbons (Fsp3) is 0.167. The Morgan fingerprint density at radius 1 is 0.789 bits per heavy atom. The number of nitrogens with zero attached hydrogens (tertiary/aromatic N) is 1. The number of rotatable bonds is 1. The van der Waals surface area contributed by atoms with Gasteiger partial charge in [-0.1, -0.05) is 38.1 Å². The number of hydrogen-bond acceptors (Lipinski definition) is 1. The van der Waals surface area contributed by atoms with Crippen LogP contribution < -0.4 is 0 Å². The Morgan fingerprint density at radius 2 is 1.42 bits per heavy atom. The van der Waals surface area contributed by atoms with E-state index in [9.17, 15) is 0 Å². The molecule has 0 heterocycles. The van der Waals surface area contributed by atoms with Crippen LogP contribution in [0.2, 0.25) is 0 Å². The lowest BCUT2D eigenvalue weighted by Crippen LogP contribution is -1.87. The molecule has 0 aliphatic heterocycles. The molecule has 0 spiro atoms. The molecule has 1 nitrogen and oxygen atoms in total. The fourth-order valence-corrected chi connectivity index (χ4v) is 2.44. The Balaban J connectivity index is 2.29. The van der Waals surface area contributed by atoms with Gasteiger partial charge in [-0.25, -0.2) is 0 Å². The molecule has 0 aromatic heterocycles. The van der Waals surface area contributed by atoms with E-state index in [1.165, 1.54) is 21.7 Å². The lowest BCUT2D eigenvalue weighted by atomic mass is 9.96. The molecule has 0 unspecified atom stereocenters. The van der Waals surface area contributed by atoms with Crippen LogP contribution in [-0.2, 0) is 0 Å². The van der Waals surface area contributed by atoms with Crippen LogP contribution in [0.15, 0.2) is 48.5 Å². The van der Waals surface area contributed by atoms with Crippen molar-refractivity contribution in [3.8, 4) is 6.07 Å². The first-order valence-electron chi connectivity index (χ1n) is 6.55. The normalized spacial score (nSPS) is 11.1. The highest BCUT2D eigenvalue weighted by molar-refractivity contribution is 5.98. The van der Waals surface area contributed by atoms with Gasteiger partial charge in [0.1, 0.15) is 0 Å². The van der Waals surface area contributed by atoms with E-state index < -0.39 is 0 Å². The van der Waals surface area contributed by atoms with Gasteiger partial charge in [0.25, 0.3) is 0 Å². The first kappa shape index (κ1) is 11.7. The monoisotopic (exact) mass is 245 g/mol. The van der Waals surface area contributed by atoms with Crippen molar-refractivity contribution < 1.29 is 0 Å². The standard InChI is InChI=1S/C18H15N/c1-12(2)14-5-6-16-9-17-7-13(11-19)3-4-15(17)10-18(16)8-14/h3-10,12H,1-2H3. The second-order valence-electron chi connectivity index (χ2n) is 5.29. The Hall–Kier alpha value is -2.33. The van der Waals surface area contributed by atoms with E-state index in [4.69, 9.17) is 5.26 Å². The first-order valence-corrected chi connectivity index (χ1v) is 6.55. The second-order valence-corrected chi connectivity index (χ2v) is 5.29. The van der Waals surface area contributed by atoms with Crippen molar-refractivity contribution in [3.63, 3.8) is 0 Å². The molecule has 3 rings (SSSR count). The zero-order valence-corrected chi connectivity index (χ0v) is 11.1. The molecule has 0 fully saturated rings. The fourth-order valence-electron chi connectivity index (χ4n) is 2.44. The van der Waals surface area contributed by atoms with E-state index in [0.717, 1.165) is 5.39 Å². The number of hydrogen-bond donors (Lipinski definition) is 0. The van der Waals surface area contributed by atoms with Gasteiger partial charge in [0, 0.05) is 0 Å². The highest BCUT2D eigenvalue weighted by Crippen LogP contribution is 2.26. The summed E-state index contributed by atoms with van der Waals surface area (Å²) < 4.78 is 0. The van der Waals surface area contributed by atoms with E-state index in [1.807, 2.05) is 18.2 Å². The van der Waals surface area contributed by atoms with Crippen molar-refractivity contribution >= 4 is 21.5 Å². The van der Waals surface area contributed by atoms with Crippen molar-refractivity contribution in [1.29, 1.82) is 5.26 Å². The topological polar surface area (TPSA) is 23.8 Å². The summed E-state index contributed by atoms with van der Waals surface area (Å²) in [6.07, 6.45) is 0. The minimum Gasteiger partial charge on any atom is -0.192 e. The van der Waals surface area contributed by atoms with Gasteiger partial charge in [-0.2, -0.15) is 5.26 Å². The van der Waals surface area contributed by atoms with Crippen molar-refractivity contribution in [2.24, 2.45) is 0 Å². The first-order chi connectivity index (χ1) is 9.17. The SMILES string of the molecule is CC(C)c1ccc2cc3cc(C#N)ccc3cc2c1. The van der Waals surface area contributed by atoms with Crippen molar-refractivity contribution in [1.82, 2.24) is 0 Å². The van der Waals surface area contributed by atoms with E-state index in [0.29, 0.717) is 11.5 Å². The Labute approximate surface area is 113 Å². The summed E-state index contributed by atoms with van der Waals surface area (Å²) in [6, 6.07) is 19.0. The second kappa shape index (κ2) is 4.40. The maximum absolute atomic E-state index is 8.96. The van der Waals surface area contributed by atoms with Gasteiger partial charge in [0.05, 0.1) is 11.6 Å². The molecule has 3 aromatic rings. The van der Waals surface area contributed by atoms with Crippen LogP contribution in [0.3, 0.4) is 0 Å². The predicted octanol–water partition coefficient (Wildman–Crippen LogP) is 4.99. The lowest BCUT2D eigenvalue weighted by Gasteiger charge is -2.08. The quantitative estimate of drug-likeness (QED) is 0.554. The molecule has 0 amide bonds. The minimum atomic E-state index is 0.543. The molecule has 0 bridgehead atoms. The van der Waals surface area contributed by atoms with Crippen molar-refractivity contribution in [2.75, 3.05) is 0 Å². The van der Waals surface area contributed by atoms with Crippen LogP contribution in [-0.4, -0.2) is 0 Å². The van der Waals surface area contributed by atoms with Crippen LogP contribution in [0.1, 0.15) is 30.9 Å². The summed E-state index contributed by atoms with van der Waals surface area (Å²) in [4.78, 5) is 0. The number of fused-ring (bicyclic) bond motifs is 2. The van der Waals surface area contributed by atoms with Crippen molar-refractivity contribution in [3.05, 3.63) is 59.7 Å². The third-order valence-corrected chi connectivity index (χ3v) is 3.62. The molecule has 0 radical (unpaired) electrons. The Morgan fingerprint density at radius 3 is 2.05 bits per heavy atom. The van der Waals surface area contributed by atoms with E-state index >= 15 is 0 Å². The summed E-state index contributed by atoms with van der Waals surface area (Å²) in [5.74, 6) is 0.543. The van der Waals surface area contributed by atoms with Gasteiger partial charge in [0.15, 0.2) is 0 Å².